The molecule has 0 aliphatic carbocycles. The fourth-order valence-electron chi connectivity index (χ4n) is 3.99. The van der Waals surface area contributed by atoms with E-state index in [1.807, 2.05) is 61.7 Å². The van der Waals surface area contributed by atoms with E-state index in [0.29, 0.717) is 35.0 Å². The zero-order valence-electron chi connectivity index (χ0n) is 17.7. The van der Waals surface area contributed by atoms with Crippen LogP contribution in [0.25, 0.3) is 16.9 Å². The molecule has 1 fully saturated rings. The molecule has 2 amide bonds. The molecule has 9 nitrogen and oxygen atoms in total. The summed E-state index contributed by atoms with van der Waals surface area (Å²) in [6.45, 7) is 3.74. The Balaban J connectivity index is 1.54. The van der Waals surface area contributed by atoms with Crippen molar-refractivity contribution < 1.29 is 9.59 Å². The van der Waals surface area contributed by atoms with Gasteiger partial charge in [-0.1, -0.05) is 36.4 Å². The normalized spacial score (nSPS) is 18.5. The molecule has 0 radical (unpaired) electrons. The molecule has 0 spiro atoms. The van der Waals surface area contributed by atoms with Crippen LogP contribution in [0, 0.1) is 6.92 Å². The third-order valence-corrected chi connectivity index (χ3v) is 5.44. The average molecular weight is 429 g/mol. The number of nitrogens with one attached hydrogen (secondary N) is 3. The zero-order chi connectivity index (χ0) is 22.2. The summed E-state index contributed by atoms with van der Waals surface area (Å²) in [6.07, 6.45) is 1.61. The van der Waals surface area contributed by atoms with Crippen LogP contribution in [0.5, 0.6) is 0 Å². The number of fused-ring (bicyclic) bond motifs is 1. The van der Waals surface area contributed by atoms with E-state index in [0.717, 1.165) is 5.56 Å². The highest BCUT2D eigenvalue weighted by molar-refractivity contribution is 6.04. The first kappa shape index (κ1) is 20.0. The molecular formula is C23H23N7O2. The van der Waals surface area contributed by atoms with E-state index >= 15 is 0 Å². The fourth-order valence-corrected chi connectivity index (χ4v) is 3.99. The number of aryl methyl sites for hydroxylation is 1. The molecule has 2 atom stereocenters. The van der Waals surface area contributed by atoms with Gasteiger partial charge in [-0.15, -0.1) is 0 Å². The van der Waals surface area contributed by atoms with Gasteiger partial charge in [0.25, 0.3) is 5.91 Å². The van der Waals surface area contributed by atoms with Crippen LogP contribution in [-0.2, 0) is 4.79 Å². The van der Waals surface area contributed by atoms with Crippen LogP contribution >= 0.6 is 0 Å². The quantitative estimate of drug-likeness (QED) is 0.463. The van der Waals surface area contributed by atoms with E-state index in [4.69, 9.17) is 5.10 Å². The Morgan fingerprint density at radius 2 is 1.94 bits per heavy atom. The van der Waals surface area contributed by atoms with Crippen molar-refractivity contribution in [1.82, 2.24) is 29.8 Å². The maximum Gasteiger partial charge on any atom is 0.275 e. The molecule has 4 aromatic rings. The Hall–Kier alpha value is -3.98. The van der Waals surface area contributed by atoms with E-state index in [1.165, 1.54) is 0 Å². The van der Waals surface area contributed by atoms with Crippen molar-refractivity contribution in [2.45, 2.75) is 32.6 Å². The van der Waals surface area contributed by atoms with E-state index in [9.17, 15) is 9.59 Å². The molecule has 3 aromatic heterocycles. The van der Waals surface area contributed by atoms with Crippen molar-refractivity contribution in [3.63, 3.8) is 0 Å². The summed E-state index contributed by atoms with van der Waals surface area (Å²) in [5.74, 6) is 0.0797. The van der Waals surface area contributed by atoms with Crippen molar-refractivity contribution in [3.8, 4) is 11.3 Å². The second kappa shape index (κ2) is 7.93. The molecule has 0 saturated carbocycles. The fraction of sp³-hybridized carbons (Fsp3) is 0.217. The van der Waals surface area contributed by atoms with Gasteiger partial charge < -0.3 is 10.6 Å². The zero-order valence-corrected chi connectivity index (χ0v) is 17.7. The predicted octanol–water partition coefficient (Wildman–Crippen LogP) is 2.71. The van der Waals surface area contributed by atoms with Crippen LogP contribution < -0.4 is 16.0 Å². The van der Waals surface area contributed by atoms with Gasteiger partial charge in [-0.3, -0.25) is 19.3 Å². The Morgan fingerprint density at radius 3 is 2.72 bits per heavy atom. The number of rotatable bonds is 4. The highest BCUT2D eigenvalue weighted by Crippen LogP contribution is 2.25. The lowest BCUT2D eigenvalue weighted by Crippen LogP contribution is -2.52. The van der Waals surface area contributed by atoms with Gasteiger partial charge in [-0.25, -0.2) is 9.67 Å². The second-order valence-electron chi connectivity index (χ2n) is 7.90. The van der Waals surface area contributed by atoms with Crippen LogP contribution in [0.3, 0.4) is 0 Å². The third-order valence-electron chi connectivity index (χ3n) is 5.44. The summed E-state index contributed by atoms with van der Waals surface area (Å²) >= 11 is 0. The van der Waals surface area contributed by atoms with E-state index < -0.39 is 6.29 Å². The van der Waals surface area contributed by atoms with Gasteiger partial charge >= 0.3 is 0 Å². The number of pyridine rings is 1. The molecule has 1 aliphatic heterocycles. The number of hydrogen-bond donors (Lipinski definition) is 3. The number of carbonyl (C=O) groups is 2. The van der Waals surface area contributed by atoms with E-state index in [2.05, 4.69) is 20.9 Å². The van der Waals surface area contributed by atoms with Crippen molar-refractivity contribution in [1.29, 1.82) is 0 Å². The number of carbonyl (C=O) groups excluding carboxylic acids is 2. The maximum atomic E-state index is 13.3. The van der Waals surface area contributed by atoms with Gasteiger partial charge in [0.15, 0.2) is 6.29 Å². The molecule has 9 heteroatoms. The van der Waals surface area contributed by atoms with Gasteiger partial charge in [-0.2, -0.15) is 5.10 Å². The van der Waals surface area contributed by atoms with Crippen molar-refractivity contribution in [3.05, 3.63) is 72.2 Å². The van der Waals surface area contributed by atoms with Crippen molar-refractivity contribution in [2.24, 2.45) is 0 Å². The largest absolute Gasteiger partial charge is 0.322 e. The first-order chi connectivity index (χ1) is 15.5. The monoisotopic (exact) mass is 429 g/mol. The van der Waals surface area contributed by atoms with Gasteiger partial charge in [0.2, 0.25) is 5.91 Å². The topological polar surface area (TPSA) is 105 Å². The first-order valence-corrected chi connectivity index (χ1v) is 10.4. The summed E-state index contributed by atoms with van der Waals surface area (Å²) in [5.41, 5.74) is 3.36. The molecule has 4 heterocycles. The SMILES string of the molecule is Cc1nc2ccccn2c1C(=O)Nc1cc(-c2ccccc2)nn1C1NC(=O)CC(C)N1. The van der Waals surface area contributed by atoms with Gasteiger partial charge in [-0.05, 0) is 26.0 Å². The predicted molar refractivity (Wildman–Crippen MR) is 120 cm³/mol. The Bertz CT molecular complexity index is 1310. The van der Waals surface area contributed by atoms with Crippen LogP contribution in [0.1, 0.15) is 35.8 Å². The molecule has 3 N–H and O–H groups in total. The van der Waals surface area contributed by atoms with E-state index in [-0.39, 0.29) is 17.9 Å². The van der Waals surface area contributed by atoms with Crippen molar-refractivity contribution in [2.75, 3.05) is 5.32 Å². The molecule has 1 aromatic carbocycles. The van der Waals surface area contributed by atoms with E-state index in [1.54, 1.807) is 22.1 Å². The molecule has 5 rings (SSSR count). The Labute approximate surface area is 184 Å². The maximum absolute atomic E-state index is 13.3. The van der Waals surface area contributed by atoms with Gasteiger partial charge in [0.05, 0.1) is 11.4 Å². The summed E-state index contributed by atoms with van der Waals surface area (Å²) in [7, 11) is 0. The number of hydrogen-bond acceptors (Lipinski definition) is 5. The third kappa shape index (κ3) is 3.63. The smallest absolute Gasteiger partial charge is 0.275 e. The number of nitrogens with zero attached hydrogens (tertiary/aromatic N) is 4. The number of imidazole rings is 1. The number of amides is 2. The minimum atomic E-state index is -0.581. The molecule has 162 valence electrons. The minimum absolute atomic E-state index is 0.0253. The summed E-state index contributed by atoms with van der Waals surface area (Å²) < 4.78 is 3.36. The highest BCUT2D eigenvalue weighted by Gasteiger charge is 2.28. The Morgan fingerprint density at radius 1 is 1.16 bits per heavy atom. The first-order valence-electron chi connectivity index (χ1n) is 10.4. The van der Waals surface area contributed by atoms with Crippen LogP contribution in [0.15, 0.2) is 60.8 Å². The number of aromatic nitrogens is 4. The molecule has 2 unspecified atom stereocenters. The molecule has 32 heavy (non-hydrogen) atoms. The van der Waals surface area contributed by atoms with Gasteiger partial charge in [0.1, 0.15) is 17.2 Å². The molecule has 1 saturated heterocycles. The summed E-state index contributed by atoms with van der Waals surface area (Å²) in [4.78, 5) is 29.9. The Kier molecular flexibility index (Phi) is 4.95. The minimum Gasteiger partial charge on any atom is -0.322 e. The average Bonchev–Trinajstić information content (AvgIpc) is 3.34. The van der Waals surface area contributed by atoms with Gasteiger partial charge in [0, 0.05) is 30.3 Å². The van der Waals surface area contributed by atoms with Crippen LogP contribution in [0.4, 0.5) is 5.82 Å². The second-order valence-corrected chi connectivity index (χ2v) is 7.90. The lowest BCUT2D eigenvalue weighted by Gasteiger charge is -2.30. The summed E-state index contributed by atoms with van der Waals surface area (Å²) in [6, 6.07) is 17.0. The number of anilines is 1. The molecular weight excluding hydrogens is 406 g/mol. The number of benzene rings is 1. The lowest BCUT2D eigenvalue weighted by molar-refractivity contribution is -0.125. The lowest BCUT2D eigenvalue weighted by atomic mass is 10.1. The highest BCUT2D eigenvalue weighted by atomic mass is 16.2. The van der Waals surface area contributed by atoms with Crippen LogP contribution in [0.2, 0.25) is 0 Å². The molecule has 1 aliphatic rings. The van der Waals surface area contributed by atoms with Crippen LogP contribution in [-0.4, -0.2) is 37.0 Å². The summed E-state index contributed by atoms with van der Waals surface area (Å²) in [5, 5.41) is 13.9. The standard InChI is InChI=1S/C23H23N7O2/c1-14-12-20(31)27-23(24-14)30-19(13-17(28-30)16-8-4-3-5-9-16)26-22(32)21-15(2)25-18-10-6-7-11-29(18)21/h3-11,13-14,23-24H,12H2,1-2H3,(H,26,32)(H,27,31). The van der Waals surface area contributed by atoms with Crippen molar-refractivity contribution >= 4 is 23.3 Å². The molecule has 0 bridgehead atoms.